The van der Waals surface area contributed by atoms with Gasteiger partial charge < -0.3 is 68.5 Å². The van der Waals surface area contributed by atoms with E-state index in [0.717, 1.165) is 11.8 Å². The van der Waals surface area contributed by atoms with Crippen LogP contribution in [0.15, 0.2) is 24.3 Å². The number of aliphatic carboxylic acids is 3. The molecule has 1 aliphatic heterocycles. The van der Waals surface area contributed by atoms with Gasteiger partial charge in [-0.05, 0) is 76.6 Å². The van der Waals surface area contributed by atoms with Crippen molar-refractivity contribution < 1.29 is 68.7 Å². The Hall–Kier alpha value is -5.87. The molecule has 0 spiro atoms. The summed E-state index contributed by atoms with van der Waals surface area (Å²) in [4.78, 5) is 115. The SMILES string of the molecule is C[C@@H](NC(=O)[C@H](CCC(=O)O)NC(=O)[C@H](NC(=O)[C@@H](Cc1ccc(O)cc1)NC(=O)[C@@H](CCCN)NC(=O)[C@@H](N)CCC(=O)O)[C@@H](C)O)C(=O)N1CCC[C@H]1C(=O)O. The molecule has 58 heavy (non-hydrogen) atoms. The number of benzene rings is 1. The van der Waals surface area contributed by atoms with Crippen LogP contribution in [0.1, 0.15) is 70.8 Å². The lowest BCUT2D eigenvalue weighted by Crippen LogP contribution is -2.61. The average Bonchev–Trinajstić information content (AvgIpc) is 3.66. The van der Waals surface area contributed by atoms with Gasteiger partial charge in [-0.1, -0.05) is 12.1 Å². The lowest BCUT2D eigenvalue weighted by atomic mass is 10.0. The number of hydrogen-bond donors (Lipinski definition) is 12. The molecule has 0 bridgehead atoms. The van der Waals surface area contributed by atoms with Crippen molar-refractivity contribution in [2.75, 3.05) is 13.1 Å². The number of nitrogens with one attached hydrogen (secondary N) is 5. The number of carbonyl (C=O) groups excluding carboxylic acids is 6. The number of carboxylic acids is 3. The van der Waals surface area contributed by atoms with Gasteiger partial charge in [-0.2, -0.15) is 0 Å². The van der Waals surface area contributed by atoms with Crippen LogP contribution in [0.3, 0.4) is 0 Å². The molecule has 22 nitrogen and oxygen atoms in total. The first-order chi connectivity index (χ1) is 27.2. The van der Waals surface area contributed by atoms with Crippen LogP contribution in [-0.2, 0) is 49.6 Å². The lowest BCUT2D eigenvalue weighted by molar-refractivity contribution is -0.149. The number of rotatable bonds is 24. The van der Waals surface area contributed by atoms with E-state index in [1.807, 2.05) is 0 Å². The number of nitrogens with zero attached hydrogens (tertiary/aromatic N) is 1. The van der Waals surface area contributed by atoms with E-state index in [0.29, 0.717) is 12.0 Å². The molecule has 322 valence electrons. The molecule has 22 heteroatoms. The molecule has 8 atom stereocenters. The maximum atomic E-state index is 13.9. The molecule has 1 aromatic rings. The summed E-state index contributed by atoms with van der Waals surface area (Å²) in [6.07, 6.45) is -2.84. The molecular formula is C36H54N8O14. The molecule has 0 unspecified atom stereocenters. The van der Waals surface area contributed by atoms with Crippen molar-refractivity contribution in [3.63, 3.8) is 0 Å². The second-order valence-corrected chi connectivity index (χ2v) is 13.9. The molecule has 6 amide bonds. The van der Waals surface area contributed by atoms with E-state index in [1.165, 1.54) is 31.2 Å². The van der Waals surface area contributed by atoms with Crippen LogP contribution in [0.2, 0.25) is 0 Å². The van der Waals surface area contributed by atoms with Gasteiger partial charge in [0.2, 0.25) is 35.4 Å². The van der Waals surface area contributed by atoms with E-state index in [9.17, 15) is 63.6 Å². The van der Waals surface area contributed by atoms with Gasteiger partial charge in [0.25, 0.3) is 0 Å². The molecule has 0 saturated carbocycles. The first-order valence-corrected chi connectivity index (χ1v) is 18.7. The van der Waals surface area contributed by atoms with Gasteiger partial charge in [-0.25, -0.2) is 4.79 Å². The monoisotopic (exact) mass is 822 g/mol. The summed E-state index contributed by atoms with van der Waals surface area (Å²) in [7, 11) is 0. The minimum Gasteiger partial charge on any atom is -0.508 e. The number of hydrogen-bond acceptors (Lipinski definition) is 13. The van der Waals surface area contributed by atoms with Gasteiger partial charge in [0.05, 0.1) is 12.1 Å². The van der Waals surface area contributed by atoms with Gasteiger partial charge in [0.1, 0.15) is 42.0 Å². The molecule has 0 aromatic heterocycles. The number of aromatic hydroxyl groups is 1. The minimum absolute atomic E-state index is 0.0197. The van der Waals surface area contributed by atoms with Gasteiger partial charge in [-0.3, -0.25) is 38.4 Å². The third-order valence-electron chi connectivity index (χ3n) is 9.24. The van der Waals surface area contributed by atoms with Crippen molar-refractivity contribution in [3.05, 3.63) is 29.8 Å². The largest absolute Gasteiger partial charge is 0.508 e. The van der Waals surface area contributed by atoms with E-state index in [1.54, 1.807) is 0 Å². The van der Waals surface area contributed by atoms with Gasteiger partial charge >= 0.3 is 17.9 Å². The second kappa shape index (κ2) is 23.4. The predicted octanol–water partition coefficient (Wildman–Crippen LogP) is -3.37. The number of phenolic OH excluding ortho intramolecular Hbond substituents is 1. The Bertz CT molecular complexity index is 1640. The highest BCUT2D eigenvalue weighted by Gasteiger charge is 2.38. The molecule has 2 rings (SSSR count). The maximum absolute atomic E-state index is 13.9. The molecular weight excluding hydrogens is 768 g/mol. The van der Waals surface area contributed by atoms with Crippen LogP contribution < -0.4 is 38.1 Å². The number of likely N-dealkylation sites (tertiary alicyclic amines) is 1. The highest BCUT2D eigenvalue weighted by molar-refractivity contribution is 5.97. The fraction of sp³-hybridized carbons (Fsp3) is 0.583. The Morgan fingerprint density at radius 3 is 1.84 bits per heavy atom. The zero-order valence-corrected chi connectivity index (χ0v) is 32.2. The smallest absolute Gasteiger partial charge is 0.326 e. The Balaban J connectivity index is 2.32. The van der Waals surface area contributed by atoms with Crippen LogP contribution in [0.5, 0.6) is 5.75 Å². The normalized spacial score (nSPS) is 17.3. The summed E-state index contributed by atoms with van der Waals surface area (Å²) in [5, 5.41) is 60.0. The Labute approximate surface area is 333 Å². The molecule has 14 N–H and O–H groups in total. The third-order valence-corrected chi connectivity index (χ3v) is 9.24. The topological polar surface area (TPSA) is 370 Å². The van der Waals surface area contributed by atoms with E-state index < -0.39 is 121 Å². The average molecular weight is 823 g/mol. The maximum Gasteiger partial charge on any atom is 0.326 e. The number of phenols is 1. The zero-order chi connectivity index (χ0) is 43.7. The molecule has 1 fully saturated rings. The number of amides is 6. The van der Waals surface area contributed by atoms with Crippen LogP contribution in [-0.4, -0.2) is 145 Å². The molecule has 1 heterocycles. The lowest BCUT2D eigenvalue weighted by Gasteiger charge is -2.29. The van der Waals surface area contributed by atoms with Crippen LogP contribution in [0.25, 0.3) is 0 Å². The zero-order valence-electron chi connectivity index (χ0n) is 32.2. The van der Waals surface area contributed by atoms with Crippen molar-refractivity contribution in [2.45, 2.75) is 120 Å². The summed E-state index contributed by atoms with van der Waals surface area (Å²) in [5.74, 6) is -9.51. The molecule has 0 aliphatic carbocycles. The second-order valence-electron chi connectivity index (χ2n) is 13.9. The number of aliphatic hydroxyl groups excluding tert-OH is 1. The number of aliphatic hydroxyl groups is 1. The number of carbonyl (C=O) groups is 9. The first-order valence-electron chi connectivity index (χ1n) is 18.7. The van der Waals surface area contributed by atoms with Gasteiger partial charge in [0, 0.05) is 25.8 Å². The van der Waals surface area contributed by atoms with E-state index in [-0.39, 0.29) is 50.9 Å². The van der Waals surface area contributed by atoms with E-state index in [4.69, 9.17) is 16.6 Å². The predicted molar refractivity (Wildman–Crippen MR) is 201 cm³/mol. The van der Waals surface area contributed by atoms with Crippen LogP contribution >= 0.6 is 0 Å². The van der Waals surface area contributed by atoms with Gasteiger partial charge in [-0.15, -0.1) is 0 Å². The summed E-state index contributed by atoms with van der Waals surface area (Å²) < 4.78 is 0. The summed E-state index contributed by atoms with van der Waals surface area (Å²) in [6.45, 7) is 2.66. The van der Waals surface area contributed by atoms with E-state index >= 15 is 0 Å². The quantitative estimate of drug-likeness (QED) is 0.0484. The summed E-state index contributed by atoms with van der Waals surface area (Å²) >= 11 is 0. The van der Waals surface area contributed by atoms with Crippen molar-refractivity contribution in [1.82, 2.24) is 31.5 Å². The third kappa shape index (κ3) is 15.6. The molecule has 0 radical (unpaired) electrons. The minimum atomic E-state index is -1.81. The van der Waals surface area contributed by atoms with Crippen molar-refractivity contribution in [1.29, 1.82) is 0 Å². The molecule has 1 aliphatic rings. The van der Waals surface area contributed by atoms with Crippen molar-refractivity contribution in [2.24, 2.45) is 11.5 Å². The molecule has 1 aromatic carbocycles. The standard InChI is InChI=1S/C36H54N8O14/c1-18(35(56)44-16-4-6-26(44)36(57)58)39-31(52)24(12-14-28(49)50)41-34(55)29(19(2)45)43-33(54)25(17-20-7-9-21(46)10-8-20)42-32(53)23(5-3-15-37)40-30(51)22(38)11-13-27(47)48/h7-10,18-19,22-26,29,45-46H,3-6,11-17,37-38H2,1-2H3,(H,39,52)(H,40,51)(H,41,55)(H,42,53)(H,43,54)(H,47,48)(H,49,50)(H,57,58)/t18-,19-,22+,23-,24+,25-,26+,29-/m1/s1. The summed E-state index contributed by atoms with van der Waals surface area (Å²) in [5.41, 5.74) is 11.8. The fourth-order valence-corrected chi connectivity index (χ4v) is 6.00. The van der Waals surface area contributed by atoms with Gasteiger partial charge in [0.15, 0.2) is 0 Å². The fourth-order valence-electron chi connectivity index (χ4n) is 6.00. The Morgan fingerprint density at radius 1 is 0.741 bits per heavy atom. The van der Waals surface area contributed by atoms with Crippen LogP contribution in [0.4, 0.5) is 0 Å². The highest BCUT2D eigenvalue weighted by Crippen LogP contribution is 2.19. The summed E-state index contributed by atoms with van der Waals surface area (Å²) in [6, 6.07) is -4.41. The number of nitrogens with two attached hydrogens (primary N) is 2. The Kier molecular flexibility index (Phi) is 19.5. The first kappa shape index (κ1) is 48.3. The highest BCUT2D eigenvalue weighted by atomic mass is 16.4. The van der Waals surface area contributed by atoms with Crippen molar-refractivity contribution in [3.8, 4) is 5.75 Å². The Morgan fingerprint density at radius 2 is 1.28 bits per heavy atom. The number of carboxylic acid groups (broad SMARTS) is 3. The van der Waals surface area contributed by atoms with E-state index in [2.05, 4.69) is 26.6 Å². The van der Waals surface area contributed by atoms with Crippen LogP contribution in [0, 0.1) is 0 Å². The van der Waals surface area contributed by atoms with Crippen molar-refractivity contribution >= 4 is 53.4 Å². The molecule has 1 saturated heterocycles.